The average molecular weight is 675 g/mol. The van der Waals surface area contributed by atoms with E-state index < -0.39 is 4.92 Å². The van der Waals surface area contributed by atoms with Crippen molar-refractivity contribution in [1.82, 2.24) is 0 Å². The molecule has 4 aromatic carbocycles. The zero-order chi connectivity index (χ0) is 27.6. The second kappa shape index (κ2) is 38.6. The third-order valence-corrected chi connectivity index (χ3v) is 4.01. The van der Waals surface area contributed by atoms with Gasteiger partial charge in [0.05, 0.1) is 16.3 Å². The van der Waals surface area contributed by atoms with Crippen LogP contribution in [-0.2, 0) is 0 Å². The number of benzene rings is 4. The minimum absolute atomic E-state index is 0. The smallest absolute Gasteiger partial charge is 0.269 e. The largest absolute Gasteiger partial charge is 0.508 e. The van der Waals surface area contributed by atoms with Gasteiger partial charge in [0.15, 0.2) is 0 Å². The van der Waals surface area contributed by atoms with Crippen LogP contribution < -0.4 is 11.0 Å². The Bertz CT molecular complexity index is 1160. The maximum absolute atomic E-state index is 10.0. The zero-order valence-electron chi connectivity index (χ0n) is 19.5. The third kappa shape index (κ3) is 30.4. The first-order chi connectivity index (χ1) is 17.7. The summed E-state index contributed by atoms with van der Waals surface area (Å²) >= 11 is 0. The number of nitrogens with zero attached hydrogens (tertiary/aromatic N) is 2. The number of nitroso groups, excluding NO2 is 1. The van der Waals surface area contributed by atoms with E-state index in [9.17, 15) is 15.0 Å². The van der Waals surface area contributed by atoms with E-state index in [-0.39, 0.29) is 101 Å². The molecule has 47 heavy (non-hydrogen) atoms. The molecule has 0 unspecified atom stereocenters. The van der Waals surface area contributed by atoms with Crippen LogP contribution in [0.5, 0.6) is 23.0 Å². The first-order valence-electron chi connectivity index (χ1n) is 10.1. The summed E-state index contributed by atoms with van der Waals surface area (Å²) in [7, 11) is 0. The van der Waals surface area contributed by atoms with Crippen molar-refractivity contribution in [3.63, 3.8) is 0 Å². The normalized spacial score (nSPS) is 7.11. The minimum atomic E-state index is -0.514. The van der Waals surface area contributed by atoms with Gasteiger partial charge in [-0.3, -0.25) is 31.5 Å². The average Bonchev–Trinajstić information content (AvgIpc) is 2.91. The predicted molar refractivity (Wildman–Crippen MR) is 200 cm³/mol. The van der Waals surface area contributed by atoms with Gasteiger partial charge in [0, 0.05) is 12.1 Å². The topological polar surface area (TPSA) is 250 Å². The summed E-state index contributed by atoms with van der Waals surface area (Å²) in [4.78, 5) is 19.3. The summed E-state index contributed by atoms with van der Waals surface area (Å²) < 4.78 is 0. The van der Waals surface area contributed by atoms with Gasteiger partial charge in [0.1, 0.15) is 28.7 Å². The Morgan fingerprint density at radius 3 is 0.936 bits per heavy atom. The number of hydrogen-bond acceptors (Lipinski definition) is 12. The molecule has 274 valence electrons. The van der Waals surface area contributed by atoms with Gasteiger partial charge in [0.2, 0.25) is 0 Å². The van der Waals surface area contributed by atoms with E-state index in [4.69, 9.17) is 30.8 Å². The van der Waals surface area contributed by atoms with Crippen molar-refractivity contribution in [1.29, 1.82) is 0 Å². The van der Waals surface area contributed by atoms with Gasteiger partial charge >= 0.3 is 0 Å². The van der Waals surface area contributed by atoms with E-state index >= 15 is 0 Å². The Balaban J connectivity index is -0.0000000454. The fraction of sp³-hybridized carbons (Fsp3) is 0.273. The van der Waals surface area contributed by atoms with Crippen LogP contribution in [-0.4, -0.2) is 41.2 Å². The number of nitro groups is 1. The number of nitrogens with one attached hydrogen (secondary N) is 2. The fourth-order valence-corrected chi connectivity index (χ4v) is 2.16. The molecular weight excluding hydrogens is 612 g/mol. The van der Waals surface area contributed by atoms with E-state index in [1.165, 1.54) is 72.8 Å². The summed E-state index contributed by atoms with van der Waals surface area (Å²) in [6, 6.07) is 23.0. The second-order valence-electron chi connectivity index (χ2n) is 6.70. The van der Waals surface area contributed by atoms with Crippen LogP contribution in [0.1, 0.15) is 66.8 Å². The molecule has 0 aliphatic heterocycles. The van der Waals surface area contributed by atoms with Crippen molar-refractivity contribution in [3.8, 4) is 23.0 Å². The first-order valence-corrected chi connectivity index (χ1v) is 10.1. The van der Waals surface area contributed by atoms with Crippen molar-refractivity contribution < 1.29 is 41.2 Å². The summed E-state index contributed by atoms with van der Waals surface area (Å²) in [6.07, 6.45) is 0. The van der Waals surface area contributed by atoms with E-state index in [2.05, 4.69) is 5.18 Å². The highest BCUT2D eigenvalue weighted by Crippen LogP contribution is 2.16. The first kappa shape index (κ1) is 68.6. The van der Waals surface area contributed by atoms with Crippen molar-refractivity contribution in [2.75, 3.05) is 11.0 Å². The highest BCUT2D eigenvalue weighted by atomic mass is 16.6. The lowest BCUT2D eigenvalue weighted by atomic mass is 10.3. The molecule has 0 heterocycles. The number of anilines is 2. The summed E-state index contributed by atoms with van der Waals surface area (Å²) in [5.41, 5.74) is 5.32. The second-order valence-corrected chi connectivity index (χ2v) is 6.70. The number of nitro benzene ring substituents is 1. The van der Waals surface area contributed by atoms with Gasteiger partial charge in [-0.15, -0.1) is 4.91 Å². The summed E-state index contributed by atoms with van der Waals surface area (Å²) in [6.45, 7) is 0. The van der Waals surface area contributed by atoms with Gasteiger partial charge < -0.3 is 25.9 Å². The number of phenols is 4. The number of aromatic hydroxyl groups is 4. The molecule has 0 bridgehead atoms. The van der Waals surface area contributed by atoms with Crippen molar-refractivity contribution >= 4 is 22.7 Å². The van der Waals surface area contributed by atoms with Gasteiger partial charge in [-0.05, 0) is 90.1 Å². The molecule has 14 heteroatoms. The molecule has 0 spiro atoms. The van der Waals surface area contributed by atoms with Crippen LogP contribution in [0.3, 0.4) is 0 Å². The molecule has 0 fully saturated rings. The van der Waals surface area contributed by atoms with Crippen molar-refractivity contribution in [3.05, 3.63) is 112 Å². The van der Waals surface area contributed by atoms with E-state index in [1.54, 1.807) is 24.3 Å². The van der Waals surface area contributed by atoms with Crippen LogP contribution in [0.25, 0.3) is 0 Å². The Labute approximate surface area is 282 Å². The molecule has 0 radical (unpaired) electrons. The van der Waals surface area contributed by atoms with E-state index in [1.807, 2.05) is 11.0 Å². The predicted octanol–water partition coefficient (Wildman–Crippen LogP) is 10.4. The number of non-ortho nitro benzene ring substituents is 1. The Morgan fingerprint density at radius 1 is 0.489 bits per heavy atom. The van der Waals surface area contributed by atoms with Gasteiger partial charge in [-0.25, -0.2) is 0 Å². The fourth-order valence-electron chi connectivity index (χ4n) is 2.16. The van der Waals surface area contributed by atoms with Crippen LogP contribution >= 0.6 is 0 Å². The third-order valence-electron chi connectivity index (χ3n) is 4.01. The molecule has 0 saturated heterocycles. The SMILES string of the molecule is C.C.C.C.C.C.C.C.C.O.O=Nc1ccc(O)cc1.O=[N+]([O-])c1ccc(O)cc1.ONc1ccc(O)cc1.ONc1ccc(O)cc1. The molecule has 0 atom stereocenters. The van der Waals surface area contributed by atoms with Crippen LogP contribution in [0.4, 0.5) is 22.7 Å². The Morgan fingerprint density at radius 2 is 0.723 bits per heavy atom. The van der Waals surface area contributed by atoms with Gasteiger partial charge in [-0.1, -0.05) is 66.8 Å². The molecule has 0 amide bonds. The summed E-state index contributed by atoms with van der Waals surface area (Å²) in [5, 5.41) is 64.2. The lowest BCUT2D eigenvalue weighted by molar-refractivity contribution is -0.384. The zero-order valence-corrected chi connectivity index (χ0v) is 19.5. The molecule has 10 N–H and O–H groups in total. The maximum atomic E-state index is 10.0. The molecular formula is C33H62N4O10. The number of rotatable bonds is 4. The molecule has 0 aromatic heterocycles. The molecule has 4 aromatic rings. The minimum Gasteiger partial charge on any atom is -0.508 e. The van der Waals surface area contributed by atoms with Crippen molar-refractivity contribution in [2.24, 2.45) is 5.18 Å². The summed E-state index contributed by atoms with van der Waals surface area (Å²) in [5.74, 6) is 0.552. The number of phenolic OH excluding ortho intramolecular Hbond substituents is 4. The lowest BCUT2D eigenvalue weighted by Gasteiger charge is -1.95. The highest BCUT2D eigenvalue weighted by molar-refractivity contribution is 5.44. The standard InChI is InChI=1S/C6H5NO3.2C6H7NO2.C6H5NO2.9CH4.H2O/c8-6-3-1-5(2-4-6)7(9)10;3*8-6-3-1-5(7-9)2-4-6;;;;;;;;;;/h1-4,8H;2*1-4,7-9H;1-4,8H;9*1H4;1H2. The number of hydrogen-bond donors (Lipinski definition) is 8. The van der Waals surface area contributed by atoms with Crippen molar-refractivity contribution in [2.45, 2.75) is 66.8 Å². The van der Waals surface area contributed by atoms with Crippen LogP contribution in [0.15, 0.2) is 102 Å². The van der Waals surface area contributed by atoms with E-state index in [0.29, 0.717) is 17.1 Å². The Kier molecular flexibility index (Phi) is 56.4. The molecule has 4 rings (SSSR count). The maximum Gasteiger partial charge on any atom is 0.269 e. The molecule has 14 nitrogen and oxygen atoms in total. The monoisotopic (exact) mass is 674 g/mol. The molecule has 0 aliphatic rings. The van der Waals surface area contributed by atoms with E-state index in [0.717, 1.165) is 0 Å². The quantitative estimate of drug-likeness (QED) is 0.0437. The van der Waals surface area contributed by atoms with Crippen LogP contribution in [0.2, 0.25) is 0 Å². The molecule has 0 saturated carbocycles. The van der Waals surface area contributed by atoms with Gasteiger partial charge in [-0.2, -0.15) is 0 Å². The van der Waals surface area contributed by atoms with Crippen LogP contribution in [0, 0.1) is 15.0 Å². The highest BCUT2D eigenvalue weighted by Gasteiger charge is 2.01. The lowest BCUT2D eigenvalue weighted by Crippen LogP contribution is -1.86. The Hall–Kier alpha value is -5.44. The van der Waals surface area contributed by atoms with Gasteiger partial charge in [0.25, 0.3) is 5.69 Å². The molecule has 0 aliphatic carbocycles.